The van der Waals surface area contributed by atoms with E-state index in [1.807, 2.05) is 0 Å². The number of anilines is 3. The number of ether oxygens (including phenoxy) is 1. The van der Waals surface area contributed by atoms with Crippen molar-refractivity contribution in [1.82, 2.24) is 9.97 Å². The van der Waals surface area contributed by atoms with Gasteiger partial charge in [0.2, 0.25) is 5.95 Å². The van der Waals surface area contributed by atoms with Crippen LogP contribution in [0.3, 0.4) is 0 Å². The van der Waals surface area contributed by atoms with E-state index in [-0.39, 0.29) is 41.8 Å². The van der Waals surface area contributed by atoms with E-state index in [0.717, 1.165) is 6.20 Å². The highest BCUT2D eigenvalue weighted by Gasteiger charge is 2.39. The van der Waals surface area contributed by atoms with E-state index in [1.54, 1.807) is 24.0 Å². The number of hydrogen-bond acceptors (Lipinski definition) is 6. The zero-order chi connectivity index (χ0) is 22.6. The van der Waals surface area contributed by atoms with Crippen molar-refractivity contribution in [3.63, 3.8) is 0 Å². The fourth-order valence-corrected chi connectivity index (χ4v) is 3.79. The average molecular weight is 477 g/mol. The molecule has 0 bridgehead atoms. The normalized spacial score (nSPS) is 16.5. The molecule has 1 aliphatic rings. The number of halogens is 5. The second-order valence-electron chi connectivity index (χ2n) is 7.02. The Labute approximate surface area is 187 Å². The molecule has 0 aliphatic carbocycles. The summed E-state index contributed by atoms with van der Waals surface area (Å²) in [6.07, 6.45) is -1.97. The van der Waals surface area contributed by atoms with Crippen LogP contribution in [0.25, 0.3) is 0 Å². The molecule has 2 aromatic rings. The molecule has 0 radical (unpaired) electrons. The smallest absolute Gasteiger partial charge is 0.421 e. The number of esters is 1. The topological polar surface area (TPSA) is 67.3 Å². The Bertz CT molecular complexity index is 943. The first-order valence-corrected chi connectivity index (χ1v) is 10.5. The Morgan fingerprint density at radius 1 is 1.32 bits per heavy atom. The van der Waals surface area contributed by atoms with Gasteiger partial charge in [-0.1, -0.05) is 23.2 Å². The maximum Gasteiger partial charge on any atom is 0.421 e. The molecule has 1 aliphatic heterocycles. The van der Waals surface area contributed by atoms with Crippen LogP contribution in [0.15, 0.2) is 24.4 Å². The van der Waals surface area contributed by atoms with Gasteiger partial charge in [-0.25, -0.2) is 4.98 Å². The van der Waals surface area contributed by atoms with Gasteiger partial charge in [-0.2, -0.15) is 18.2 Å². The third kappa shape index (κ3) is 5.92. The first-order valence-electron chi connectivity index (χ1n) is 9.77. The molecular formula is C20H21Cl2F3N4O2. The van der Waals surface area contributed by atoms with Gasteiger partial charge in [-0.05, 0) is 44.4 Å². The van der Waals surface area contributed by atoms with Crippen LogP contribution in [0.1, 0.15) is 38.2 Å². The summed E-state index contributed by atoms with van der Waals surface area (Å²) < 4.78 is 45.9. The van der Waals surface area contributed by atoms with Gasteiger partial charge in [-0.15, -0.1) is 0 Å². The number of nitrogens with one attached hydrogen (secondary N) is 1. The van der Waals surface area contributed by atoms with E-state index in [0.29, 0.717) is 36.5 Å². The number of carbonyl (C=O) groups is 1. The van der Waals surface area contributed by atoms with Crippen LogP contribution in [-0.2, 0) is 15.7 Å². The number of benzene rings is 1. The largest absolute Gasteiger partial charge is 0.466 e. The van der Waals surface area contributed by atoms with E-state index in [1.165, 1.54) is 6.07 Å². The lowest BCUT2D eigenvalue weighted by molar-refractivity contribution is -0.143. The maximum absolute atomic E-state index is 13.7. The highest BCUT2D eigenvalue weighted by atomic mass is 35.5. The number of aromatic nitrogens is 2. The number of alkyl halides is 3. The second-order valence-corrected chi connectivity index (χ2v) is 7.83. The van der Waals surface area contributed by atoms with Gasteiger partial charge >= 0.3 is 12.1 Å². The van der Waals surface area contributed by atoms with E-state index < -0.39 is 11.7 Å². The van der Waals surface area contributed by atoms with Gasteiger partial charge in [0.25, 0.3) is 0 Å². The molecule has 31 heavy (non-hydrogen) atoms. The maximum atomic E-state index is 13.7. The number of nitrogens with zero attached hydrogens (tertiary/aromatic N) is 3. The highest BCUT2D eigenvalue weighted by molar-refractivity contribution is 6.42. The molecule has 1 N–H and O–H groups in total. The zero-order valence-corrected chi connectivity index (χ0v) is 18.2. The van der Waals surface area contributed by atoms with Crippen LogP contribution in [0.5, 0.6) is 0 Å². The van der Waals surface area contributed by atoms with Gasteiger partial charge in [0.05, 0.1) is 16.7 Å². The fourth-order valence-electron chi connectivity index (χ4n) is 3.49. The summed E-state index contributed by atoms with van der Waals surface area (Å²) >= 11 is 11.9. The summed E-state index contributed by atoms with van der Waals surface area (Å²) in [5.74, 6) is -0.580. The van der Waals surface area contributed by atoms with Crippen LogP contribution in [0.4, 0.5) is 30.6 Å². The summed E-state index contributed by atoms with van der Waals surface area (Å²) in [6.45, 7) is 2.37. The molecule has 11 heteroatoms. The van der Waals surface area contributed by atoms with E-state index >= 15 is 0 Å². The van der Waals surface area contributed by atoms with E-state index in [2.05, 4.69) is 15.3 Å². The summed E-state index contributed by atoms with van der Waals surface area (Å²) in [7, 11) is 0. The summed E-state index contributed by atoms with van der Waals surface area (Å²) in [5.41, 5.74) is -0.435. The molecule has 0 spiro atoms. The second kappa shape index (κ2) is 9.91. The van der Waals surface area contributed by atoms with Gasteiger partial charge in [0.15, 0.2) is 0 Å². The van der Waals surface area contributed by atoms with Crippen LogP contribution in [0.2, 0.25) is 10.0 Å². The van der Waals surface area contributed by atoms with Crippen LogP contribution >= 0.6 is 23.2 Å². The molecule has 168 valence electrons. The SMILES string of the molecule is CCOC(=O)CCC1CCCN1c1nc(Nc2ccc(Cl)c(Cl)c2)ncc1C(F)(F)F. The van der Waals surface area contributed by atoms with Gasteiger partial charge in [0, 0.05) is 30.9 Å². The molecule has 1 saturated heterocycles. The molecule has 1 aromatic carbocycles. The molecule has 1 aromatic heterocycles. The predicted molar refractivity (Wildman–Crippen MR) is 113 cm³/mol. The Balaban J connectivity index is 1.88. The van der Waals surface area contributed by atoms with Crippen molar-refractivity contribution in [2.45, 2.75) is 44.8 Å². The number of hydrogen-bond donors (Lipinski definition) is 1. The Hall–Kier alpha value is -2.26. The molecule has 1 unspecified atom stereocenters. The van der Waals surface area contributed by atoms with E-state index in [4.69, 9.17) is 27.9 Å². The molecule has 1 fully saturated rings. The molecule has 0 saturated carbocycles. The highest BCUT2D eigenvalue weighted by Crippen LogP contribution is 2.39. The molecule has 6 nitrogen and oxygen atoms in total. The van der Waals surface area contributed by atoms with Crippen molar-refractivity contribution in [3.8, 4) is 0 Å². The monoisotopic (exact) mass is 476 g/mol. The lowest BCUT2D eigenvalue weighted by Crippen LogP contribution is -2.33. The Kier molecular flexibility index (Phi) is 7.48. The molecule has 2 heterocycles. The third-order valence-corrected chi connectivity index (χ3v) is 5.63. The fraction of sp³-hybridized carbons (Fsp3) is 0.450. The predicted octanol–water partition coefficient (Wildman–Crippen LogP) is 5.86. The zero-order valence-electron chi connectivity index (χ0n) is 16.7. The first-order chi connectivity index (χ1) is 14.7. The molecule has 0 amide bonds. The Morgan fingerprint density at radius 3 is 2.77 bits per heavy atom. The van der Waals surface area contributed by atoms with Crippen LogP contribution in [0, 0.1) is 0 Å². The number of rotatable bonds is 7. The van der Waals surface area contributed by atoms with Crippen molar-refractivity contribution in [1.29, 1.82) is 0 Å². The quantitative estimate of drug-likeness (QED) is 0.504. The van der Waals surface area contributed by atoms with Crippen molar-refractivity contribution in [2.75, 3.05) is 23.4 Å². The van der Waals surface area contributed by atoms with Crippen LogP contribution < -0.4 is 10.2 Å². The minimum absolute atomic E-state index is 0.00238. The molecular weight excluding hydrogens is 456 g/mol. The van der Waals surface area contributed by atoms with Gasteiger partial charge < -0.3 is 15.0 Å². The number of carbonyl (C=O) groups excluding carboxylic acids is 1. The van der Waals surface area contributed by atoms with E-state index in [9.17, 15) is 18.0 Å². The van der Waals surface area contributed by atoms with Crippen molar-refractivity contribution >= 4 is 46.6 Å². The molecule has 3 rings (SSSR count). The summed E-state index contributed by atoms with van der Waals surface area (Å²) in [4.78, 5) is 21.3. The van der Waals surface area contributed by atoms with Crippen molar-refractivity contribution in [3.05, 3.63) is 40.0 Å². The third-order valence-electron chi connectivity index (χ3n) is 4.89. The Morgan fingerprint density at radius 2 is 2.10 bits per heavy atom. The summed E-state index contributed by atoms with van der Waals surface area (Å²) in [6, 6.07) is 4.46. The first kappa shape index (κ1) is 23.4. The van der Waals surface area contributed by atoms with Gasteiger partial charge in [-0.3, -0.25) is 4.79 Å². The van der Waals surface area contributed by atoms with Crippen LogP contribution in [-0.4, -0.2) is 35.1 Å². The average Bonchev–Trinajstić information content (AvgIpc) is 3.17. The lowest BCUT2D eigenvalue weighted by Gasteiger charge is -2.28. The minimum Gasteiger partial charge on any atom is -0.466 e. The molecule has 1 atom stereocenters. The lowest BCUT2D eigenvalue weighted by atomic mass is 10.1. The van der Waals surface area contributed by atoms with Crippen molar-refractivity contribution in [2.24, 2.45) is 0 Å². The summed E-state index contributed by atoms with van der Waals surface area (Å²) in [5, 5.41) is 3.50. The van der Waals surface area contributed by atoms with Gasteiger partial charge in [0.1, 0.15) is 11.4 Å². The van der Waals surface area contributed by atoms with Crippen molar-refractivity contribution < 1.29 is 22.7 Å². The standard InChI is InChI=1S/C20H21Cl2F3N4O2/c1-2-31-17(30)8-6-13-4-3-9-29(13)18-14(20(23,24)25)11-26-19(28-18)27-12-5-7-15(21)16(22)10-12/h5,7,10-11,13H,2-4,6,8-9H2,1H3,(H,26,27,28). The minimum atomic E-state index is -4.62.